The molecule has 0 radical (unpaired) electrons. The van der Waals surface area contributed by atoms with Crippen molar-refractivity contribution in [2.75, 3.05) is 6.61 Å². The minimum absolute atomic E-state index is 0.145. The number of amides is 1. The molecule has 0 bridgehead atoms. The van der Waals surface area contributed by atoms with Crippen molar-refractivity contribution in [1.29, 1.82) is 0 Å². The molecule has 0 unspecified atom stereocenters. The van der Waals surface area contributed by atoms with Crippen LogP contribution in [0.15, 0.2) is 94.6 Å². The number of nitrogens with one attached hydrogen (secondary N) is 1. The Balaban J connectivity index is 1.51. The molecule has 0 saturated heterocycles. The molecule has 1 heterocycles. The molecule has 0 spiro atoms. The van der Waals surface area contributed by atoms with Crippen molar-refractivity contribution in [1.82, 2.24) is 15.2 Å². The molecule has 0 saturated carbocycles. The number of nitrogens with zero attached hydrogens (tertiary/aromatic N) is 3. The number of aromatic nitrogens is 2. The van der Waals surface area contributed by atoms with Crippen molar-refractivity contribution in [3.8, 4) is 22.7 Å². The number of aryl methyl sites for hydroxylation is 1. The van der Waals surface area contributed by atoms with Crippen LogP contribution in [0.3, 0.4) is 0 Å². The maximum atomic E-state index is 12.2. The SMILES string of the molecule is Cc1cccc(-c2nn(-c3ccccc3)cc2/C=N/NC(=O)COc2ccccc2Br)c1. The van der Waals surface area contributed by atoms with E-state index in [0.717, 1.165) is 32.5 Å². The normalized spacial score (nSPS) is 10.9. The predicted octanol–water partition coefficient (Wildman–Crippen LogP) is 5.14. The van der Waals surface area contributed by atoms with Gasteiger partial charge >= 0.3 is 0 Å². The molecular weight excluding hydrogens is 468 g/mol. The minimum Gasteiger partial charge on any atom is -0.483 e. The Labute approximate surface area is 194 Å². The van der Waals surface area contributed by atoms with Crippen LogP contribution in [0.5, 0.6) is 5.75 Å². The van der Waals surface area contributed by atoms with Gasteiger partial charge in [0.15, 0.2) is 6.61 Å². The Kier molecular flexibility index (Phi) is 6.77. The fourth-order valence-electron chi connectivity index (χ4n) is 3.12. The topological polar surface area (TPSA) is 68.5 Å². The third-order valence-electron chi connectivity index (χ3n) is 4.64. The Bertz CT molecular complexity index is 1250. The van der Waals surface area contributed by atoms with Gasteiger partial charge in [-0.05, 0) is 53.2 Å². The fourth-order valence-corrected chi connectivity index (χ4v) is 3.52. The summed E-state index contributed by atoms with van der Waals surface area (Å²) in [5.41, 5.74) is 7.12. The van der Waals surface area contributed by atoms with Crippen molar-refractivity contribution >= 4 is 28.1 Å². The van der Waals surface area contributed by atoms with Crippen molar-refractivity contribution < 1.29 is 9.53 Å². The zero-order chi connectivity index (χ0) is 22.3. The van der Waals surface area contributed by atoms with E-state index in [2.05, 4.69) is 32.5 Å². The molecule has 0 aliphatic rings. The van der Waals surface area contributed by atoms with E-state index in [1.165, 1.54) is 0 Å². The third-order valence-corrected chi connectivity index (χ3v) is 5.30. The van der Waals surface area contributed by atoms with Gasteiger partial charge in [-0.1, -0.05) is 54.1 Å². The van der Waals surface area contributed by atoms with E-state index >= 15 is 0 Å². The summed E-state index contributed by atoms with van der Waals surface area (Å²) in [5.74, 6) is 0.238. The van der Waals surface area contributed by atoms with Crippen LogP contribution in [0.2, 0.25) is 0 Å². The van der Waals surface area contributed by atoms with Crippen molar-refractivity contribution in [3.05, 3.63) is 101 Å². The molecule has 160 valence electrons. The first-order chi connectivity index (χ1) is 15.6. The molecule has 3 aromatic carbocycles. The van der Waals surface area contributed by atoms with Crippen molar-refractivity contribution in [3.63, 3.8) is 0 Å². The number of carbonyl (C=O) groups excluding carboxylic acids is 1. The second kappa shape index (κ2) is 10.1. The van der Waals surface area contributed by atoms with Crippen molar-refractivity contribution in [2.24, 2.45) is 5.10 Å². The molecule has 6 nitrogen and oxygen atoms in total. The molecule has 0 aliphatic carbocycles. The van der Waals surface area contributed by atoms with E-state index in [4.69, 9.17) is 9.84 Å². The largest absolute Gasteiger partial charge is 0.483 e. The first-order valence-corrected chi connectivity index (χ1v) is 10.8. The molecule has 4 rings (SSSR count). The van der Waals surface area contributed by atoms with E-state index in [9.17, 15) is 4.79 Å². The molecule has 1 aromatic heterocycles. The monoisotopic (exact) mass is 488 g/mol. The van der Waals surface area contributed by atoms with Crippen LogP contribution >= 0.6 is 15.9 Å². The molecular formula is C25H21BrN4O2. The summed E-state index contributed by atoms with van der Waals surface area (Å²) in [5, 5.41) is 8.88. The van der Waals surface area contributed by atoms with Gasteiger partial charge in [-0.2, -0.15) is 10.2 Å². The molecule has 4 aromatic rings. The lowest BCUT2D eigenvalue weighted by Crippen LogP contribution is -2.24. The Morgan fingerprint density at radius 1 is 1.09 bits per heavy atom. The zero-order valence-corrected chi connectivity index (χ0v) is 19.0. The van der Waals surface area contributed by atoms with E-state index in [1.54, 1.807) is 17.0 Å². The van der Waals surface area contributed by atoms with E-state index in [0.29, 0.717) is 5.75 Å². The van der Waals surface area contributed by atoms with E-state index in [1.807, 2.05) is 79.9 Å². The Morgan fingerprint density at radius 3 is 2.66 bits per heavy atom. The van der Waals surface area contributed by atoms with Gasteiger partial charge < -0.3 is 4.74 Å². The van der Waals surface area contributed by atoms with E-state index in [-0.39, 0.29) is 12.5 Å². The quantitative estimate of drug-likeness (QED) is 0.289. The predicted molar refractivity (Wildman–Crippen MR) is 129 cm³/mol. The van der Waals surface area contributed by atoms with Crippen LogP contribution in [0.4, 0.5) is 0 Å². The molecule has 0 fully saturated rings. The van der Waals surface area contributed by atoms with Crippen LogP contribution in [0, 0.1) is 6.92 Å². The van der Waals surface area contributed by atoms with Crippen LogP contribution in [0.25, 0.3) is 16.9 Å². The molecule has 1 N–H and O–H groups in total. The first-order valence-electron chi connectivity index (χ1n) is 10.0. The highest BCUT2D eigenvalue weighted by Gasteiger charge is 2.12. The van der Waals surface area contributed by atoms with Crippen LogP contribution < -0.4 is 10.2 Å². The summed E-state index contributed by atoms with van der Waals surface area (Å²) in [6.45, 7) is 1.89. The lowest BCUT2D eigenvalue weighted by Gasteiger charge is -2.06. The summed E-state index contributed by atoms with van der Waals surface area (Å²) in [7, 11) is 0. The summed E-state index contributed by atoms with van der Waals surface area (Å²) in [4.78, 5) is 12.2. The number of ether oxygens (including phenoxy) is 1. The van der Waals surface area contributed by atoms with Gasteiger partial charge in [0, 0.05) is 17.3 Å². The number of rotatable bonds is 7. The molecule has 1 amide bonds. The number of hydrogen-bond donors (Lipinski definition) is 1. The maximum Gasteiger partial charge on any atom is 0.277 e. The van der Waals surface area contributed by atoms with Gasteiger partial charge in [0.2, 0.25) is 0 Å². The number of para-hydroxylation sites is 2. The highest BCUT2D eigenvalue weighted by molar-refractivity contribution is 9.10. The lowest BCUT2D eigenvalue weighted by molar-refractivity contribution is -0.123. The van der Waals surface area contributed by atoms with Gasteiger partial charge in [0.1, 0.15) is 11.4 Å². The molecule has 7 heteroatoms. The number of carbonyl (C=O) groups is 1. The standard InChI is InChI=1S/C25H21BrN4O2/c1-18-8-7-9-19(14-18)25-20(16-30(29-25)21-10-3-2-4-11-21)15-27-28-24(31)17-32-23-13-6-5-12-22(23)26/h2-16H,17H2,1H3,(H,28,31)/b27-15+. The summed E-state index contributed by atoms with van der Waals surface area (Å²) in [6, 6.07) is 25.3. The van der Waals surface area contributed by atoms with E-state index < -0.39 is 0 Å². The lowest BCUT2D eigenvalue weighted by atomic mass is 10.1. The average molecular weight is 489 g/mol. The number of hydrogen-bond acceptors (Lipinski definition) is 4. The van der Waals surface area contributed by atoms with Gasteiger partial charge in [0.25, 0.3) is 5.91 Å². The fraction of sp³-hybridized carbons (Fsp3) is 0.0800. The highest BCUT2D eigenvalue weighted by Crippen LogP contribution is 2.24. The third kappa shape index (κ3) is 5.31. The van der Waals surface area contributed by atoms with Crippen LogP contribution in [-0.4, -0.2) is 28.5 Å². The molecule has 32 heavy (non-hydrogen) atoms. The Hall–Kier alpha value is -3.71. The van der Waals surface area contributed by atoms with Crippen molar-refractivity contribution in [2.45, 2.75) is 6.92 Å². The summed E-state index contributed by atoms with van der Waals surface area (Å²) >= 11 is 3.39. The molecule has 0 atom stereocenters. The first kappa shape index (κ1) is 21.5. The summed E-state index contributed by atoms with van der Waals surface area (Å²) in [6.07, 6.45) is 3.49. The summed E-state index contributed by atoms with van der Waals surface area (Å²) < 4.78 is 8.11. The van der Waals surface area contributed by atoms with Gasteiger partial charge in [-0.15, -0.1) is 0 Å². The number of benzene rings is 3. The van der Waals surface area contributed by atoms with Crippen LogP contribution in [0.1, 0.15) is 11.1 Å². The smallest absolute Gasteiger partial charge is 0.277 e. The molecule has 0 aliphatic heterocycles. The number of halogens is 1. The number of hydrazone groups is 1. The zero-order valence-electron chi connectivity index (χ0n) is 17.4. The average Bonchev–Trinajstić information content (AvgIpc) is 3.23. The van der Waals surface area contributed by atoms with Crippen LogP contribution in [-0.2, 0) is 4.79 Å². The second-order valence-electron chi connectivity index (χ2n) is 7.09. The van der Waals surface area contributed by atoms with Gasteiger partial charge in [-0.25, -0.2) is 10.1 Å². The minimum atomic E-state index is -0.357. The second-order valence-corrected chi connectivity index (χ2v) is 7.95. The van der Waals surface area contributed by atoms with Gasteiger partial charge in [0.05, 0.1) is 16.4 Å². The maximum absolute atomic E-state index is 12.2. The Morgan fingerprint density at radius 2 is 1.88 bits per heavy atom. The van der Waals surface area contributed by atoms with Gasteiger partial charge in [-0.3, -0.25) is 4.79 Å². The highest BCUT2D eigenvalue weighted by atomic mass is 79.9.